The second kappa shape index (κ2) is 7.53. The van der Waals surface area contributed by atoms with E-state index in [1.54, 1.807) is 24.3 Å². The van der Waals surface area contributed by atoms with E-state index in [1.807, 2.05) is 12.1 Å². The van der Waals surface area contributed by atoms with Gasteiger partial charge in [0.15, 0.2) is 11.5 Å². The van der Waals surface area contributed by atoms with E-state index >= 15 is 0 Å². The number of halogens is 2. The number of nitrogen functional groups attached to an aromatic ring is 2. The number of hydrogen-bond donors (Lipinski definition) is 4. The minimum absolute atomic E-state index is 0.142. The molecule has 6 N–H and O–H groups in total. The lowest BCUT2D eigenvalue weighted by molar-refractivity contribution is 1.02. The molecule has 0 fully saturated rings. The molecule has 0 aliphatic rings. The second-order valence-corrected chi connectivity index (χ2v) is 6.93. The number of benzene rings is 2. The van der Waals surface area contributed by atoms with Crippen molar-refractivity contribution in [1.82, 2.24) is 20.2 Å². The van der Waals surface area contributed by atoms with Crippen molar-refractivity contribution in [2.75, 3.05) is 11.5 Å². The number of hydrogen-bond acceptors (Lipinski definition) is 7. The minimum Gasteiger partial charge on any atom is -0.382 e. The lowest BCUT2D eigenvalue weighted by Gasteiger charge is -2.07. The minimum atomic E-state index is -0.328. The highest BCUT2D eigenvalue weighted by Crippen LogP contribution is 2.31. The maximum Gasteiger partial charge on any atom is 0.270 e. The Labute approximate surface area is 173 Å². The average Bonchev–Trinajstić information content (AvgIpc) is 3.03. The maximum atomic E-state index is 12.5. The van der Waals surface area contributed by atoms with E-state index < -0.39 is 0 Å². The molecule has 0 spiro atoms. The molecule has 0 saturated heterocycles. The van der Waals surface area contributed by atoms with Gasteiger partial charge < -0.3 is 16.5 Å². The number of aromatic amines is 2. The standard InChI is InChI=1S/C18H14Cl2N8O/c19-9-5-6-11-14(13(9)20)23-12(18(29)24-11)7-8-3-1-2-4-10(8)25-26-15-16(21)27-28-17(15)22/h1-6H,7H2,(H,24,29)(H5,21,22,27,28). The second-order valence-electron chi connectivity index (χ2n) is 6.15. The molecular weight excluding hydrogens is 415 g/mol. The first-order chi connectivity index (χ1) is 13.9. The quantitative estimate of drug-likeness (QED) is 0.360. The number of azo groups is 1. The van der Waals surface area contributed by atoms with Crippen LogP contribution in [0.2, 0.25) is 10.0 Å². The first-order valence-corrected chi connectivity index (χ1v) is 9.15. The summed E-state index contributed by atoms with van der Waals surface area (Å²) in [5, 5.41) is 15.2. The lowest BCUT2D eigenvalue weighted by atomic mass is 10.1. The molecule has 0 radical (unpaired) electrons. The molecular formula is C18H14Cl2N8O. The van der Waals surface area contributed by atoms with Crippen molar-refractivity contribution in [1.29, 1.82) is 0 Å². The van der Waals surface area contributed by atoms with Gasteiger partial charge in [0.25, 0.3) is 5.56 Å². The molecule has 0 aliphatic carbocycles. The Kier molecular flexibility index (Phi) is 4.91. The van der Waals surface area contributed by atoms with Crippen LogP contribution in [0.25, 0.3) is 11.0 Å². The van der Waals surface area contributed by atoms with E-state index in [4.69, 9.17) is 34.7 Å². The fourth-order valence-corrected chi connectivity index (χ4v) is 3.12. The summed E-state index contributed by atoms with van der Waals surface area (Å²) in [5.74, 6) is 0.353. The molecule has 0 amide bonds. The van der Waals surface area contributed by atoms with Gasteiger partial charge in [0.2, 0.25) is 0 Å². The number of rotatable bonds is 4. The molecule has 2 aromatic carbocycles. The van der Waals surface area contributed by atoms with Gasteiger partial charge in [-0.25, -0.2) is 4.98 Å². The highest BCUT2D eigenvalue weighted by molar-refractivity contribution is 6.44. The molecule has 0 atom stereocenters. The van der Waals surface area contributed by atoms with Gasteiger partial charge in [-0.1, -0.05) is 41.4 Å². The molecule has 29 heavy (non-hydrogen) atoms. The molecule has 11 heteroatoms. The molecule has 0 bridgehead atoms. The van der Waals surface area contributed by atoms with E-state index in [0.717, 1.165) is 5.56 Å². The van der Waals surface area contributed by atoms with Crippen molar-refractivity contribution >= 4 is 57.2 Å². The molecule has 0 unspecified atom stereocenters. The summed E-state index contributed by atoms with van der Waals surface area (Å²) < 4.78 is 0. The van der Waals surface area contributed by atoms with Crippen LogP contribution in [-0.4, -0.2) is 20.2 Å². The monoisotopic (exact) mass is 428 g/mol. The molecule has 2 aromatic heterocycles. The number of nitrogens with zero attached hydrogens (tertiary/aromatic N) is 4. The van der Waals surface area contributed by atoms with Crippen LogP contribution in [0.4, 0.5) is 23.0 Å². The van der Waals surface area contributed by atoms with Gasteiger partial charge in [-0.2, -0.15) is 5.10 Å². The molecule has 2 heterocycles. The molecule has 9 nitrogen and oxygen atoms in total. The predicted molar refractivity (Wildman–Crippen MR) is 113 cm³/mol. The summed E-state index contributed by atoms with van der Waals surface area (Å²) in [6.45, 7) is 0. The van der Waals surface area contributed by atoms with E-state index in [-0.39, 0.29) is 40.0 Å². The Morgan fingerprint density at radius 2 is 1.86 bits per heavy atom. The van der Waals surface area contributed by atoms with Crippen LogP contribution in [0.3, 0.4) is 0 Å². The molecule has 0 aliphatic heterocycles. The van der Waals surface area contributed by atoms with Crippen molar-refractivity contribution < 1.29 is 0 Å². The van der Waals surface area contributed by atoms with Gasteiger partial charge >= 0.3 is 0 Å². The number of nitrogens with one attached hydrogen (secondary N) is 2. The fourth-order valence-electron chi connectivity index (χ4n) is 2.76. The van der Waals surface area contributed by atoms with Gasteiger partial charge in [0.05, 0.1) is 21.2 Å². The van der Waals surface area contributed by atoms with Crippen LogP contribution >= 0.6 is 23.2 Å². The third-order valence-electron chi connectivity index (χ3n) is 4.23. The van der Waals surface area contributed by atoms with Crippen LogP contribution in [0.15, 0.2) is 51.4 Å². The number of anilines is 2. The van der Waals surface area contributed by atoms with Gasteiger partial charge in [0, 0.05) is 6.42 Å². The predicted octanol–water partition coefficient (Wildman–Crippen LogP) is 4.12. The molecule has 146 valence electrons. The number of aromatic nitrogens is 4. The molecule has 0 saturated carbocycles. The summed E-state index contributed by atoms with van der Waals surface area (Å²) in [5.41, 5.74) is 13.8. The Bertz CT molecular complexity index is 1290. The summed E-state index contributed by atoms with van der Waals surface area (Å²) in [6, 6.07) is 10.5. The SMILES string of the molecule is Nc1n[nH]c(N)c1N=Nc1ccccc1Cc1nc2c(Cl)c(Cl)ccc2[nH]c1=O. The van der Waals surface area contributed by atoms with Crippen molar-refractivity contribution in [2.45, 2.75) is 6.42 Å². The van der Waals surface area contributed by atoms with E-state index in [9.17, 15) is 4.79 Å². The summed E-state index contributed by atoms with van der Waals surface area (Å²) in [7, 11) is 0. The summed E-state index contributed by atoms with van der Waals surface area (Å²) >= 11 is 12.3. The van der Waals surface area contributed by atoms with E-state index in [0.29, 0.717) is 21.7 Å². The zero-order chi connectivity index (χ0) is 20.5. The first kappa shape index (κ1) is 18.9. The Morgan fingerprint density at radius 1 is 1.07 bits per heavy atom. The van der Waals surface area contributed by atoms with Crippen LogP contribution in [0.1, 0.15) is 11.3 Å². The van der Waals surface area contributed by atoms with Gasteiger partial charge in [-0.05, 0) is 23.8 Å². The third kappa shape index (κ3) is 3.65. The topological polar surface area (TPSA) is 151 Å². The Hall–Kier alpha value is -3.43. The summed E-state index contributed by atoms with van der Waals surface area (Å²) in [4.78, 5) is 19.7. The first-order valence-electron chi connectivity index (χ1n) is 8.40. The zero-order valence-electron chi connectivity index (χ0n) is 14.8. The number of H-pyrrole nitrogens is 2. The molecule has 4 rings (SSSR count). The highest BCUT2D eigenvalue weighted by atomic mass is 35.5. The Balaban J connectivity index is 1.73. The van der Waals surface area contributed by atoms with Gasteiger partial charge in [0.1, 0.15) is 17.0 Å². The molecule has 4 aromatic rings. The number of fused-ring (bicyclic) bond motifs is 1. The fraction of sp³-hybridized carbons (Fsp3) is 0.0556. The summed E-state index contributed by atoms with van der Waals surface area (Å²) in [6.07, 6.45) is 0.208. The van der Waals surface area contributed by atoms with Crippen LogP contribution in [-0.2, 0) is 6.42 Å². The number of nitrogens with two attached hydrogens (primary N) is 2. The lowest BCUT2D eigenvalue weighted by Crippen LogP contribution is -2.15. The smallest absolute Gasteiger partial charge is 0.270 e. The largest absolute Gasteiger partial charge is 0.382 e. The van der Waals surface area contributed by atoms with Gasteiger partial charge in [-0.15, -0.1) is 10.2 Å². The maximum absolute atomic E-state index is 12.5. The van der Waals surface area contributed by atoms with Crippen molar-refractivity contribution in [3.05, 3.63) is 68.1 Å². The van der Waals surface area contributed by atoms with E-state index in [1.165, 1.54) is 0 Å². The van der Waals surface area contributed by atoms with E-state index in [2.05, 4.69) is 30.4 Å². The average molecular weight is 429 g/mol. The Morgan fingerprint density at radius 3 is 2.62 bits per heavy atom. The third-order valence-corrected chi connectivity index (χ3v) is 5.02. The van der Waals surface area contributed by atoms with Crippen molar-refractivity contribution in [3.8, 4) is 0 Å². The highest BCUT2D eigenvalue weighted by Gasteiger charge is 2.13. The van der Waals surface area contributed by atoms with Crippen LogP contribution in [0.5, 0.6) is 0 Å². The van der Waals surface area contributed by atoms with Crippen molar-refractivity contribution in [3.63, 3.8) is 0 Å². The van der Waals surface area contributed by atoms with Crippen LogP contribution < -0.4 is 17.0 Å². The van der Waals surface area contributed by atoms with Crippen LogP contribution in [0, 0.1) is 0 Å². The van der Waals surface area contributed by atoms with Gasteiger partial charge in [-0.3, -0.25) is 9.89 Å². The van der Waals surface area contributed by atoms with Crippen molar-refractivity contribution in [2.24, 2.45) is 10.2 Å². The zero-order valence-corrected chi connectivity index (χ0v) is 16.3. The normalized spacial score (nSPS) is 11.5.